The van der Waals surface area contributed by atoms with E-state index in [-0.39, 0.29) is 6.04 Å². The van der Waals surface area contributed by atoms with Gasteiger partial charge in [-0.2, -0.15) is 13.2 Å². The van der Waals surface area contributed by atoms with Crippen molar-refractivity contribution in [3.05, 3.63) is 29.3 Å². The molecule has 0 unspecified atom stereocenters. The third-order valence-electron chi connectivity index (χ3n) is 3.57. The van der Waals surface area contributed by atoms with Crippen LogP contribution >= 0.6 is 0 Å². The molecule has 1 fully saturated rings. The summed E-state index contributed by atoms with van der Waals surface area (Å²) in [7, 11) is 1.74. The maximum atomic E-state index is 12.9. The van der Waals surface area contributed by atoms with Gasteiger partial charge in [0.05, 0.1) is 11.1 Å². The van der Waals surface area contributed by atoms with Crippen molar-refractivity contribution in [2.24, 2.45) is 0 Å². The second-order valence-corrected chi connectivity index (χ2v) is 4.73. The molecule has 104 valence electrons. The number of carbonyl (C=O) groups is 1. The first kappa shape index (κ1) is 13.7. The summed E-state index contributed by atoms with van der Waals surface area (Å²) >= 11 is 0. The summed E-state index contributed by atoms with van der Waals surface area (Å²) in [4.78, 5) is 12.6. The Morgan fingerprint density at radius 2 is 2.00 bits per heavy atom. The second-order valence-electron chi connectivity index (χ2n) is 4.73. The van der Waals surface area contributed by atoms with E-state index in [1.807, 2.05) is 0 Å². The van der Waals surface area contributed by atoms with Gasteiger partial charge in [-0.25, -0.2) is 4.79 Å². The number of hydrogen-bond acceptors (Lipinski definition) is 2. The highest BCUT2D eigenvalue weighted by atomic mass is 19.4. The van der Waals surface area contributed by atoms with Gasteiger partial charge in [-0.15, -0.1) is 0 Å². The molecular weight excluding hydrogens is 259 g/mol. The Morgan fingerprint density at radius 3 is 2.42 bits per heavy atom. The molecule has 0 radical (unpaired) electrons. The van der Waals surface area contributed by atoms with Crippen molar-refractivity contribution in [2.75, 3.05) is 11.9 Å². The minimum Gasteiger partial charge on any atom is -0.478 e. The second kappa shape index (κ2) is 4.75. The maximum Gasteiger partial charge on any atom is 0.417 e. The lowest BCUT2D eigenvalue weighted by Gasteiger charge is -2.36. The molecule has 0 bridgehead atoms. The fourth-order valence-corrected chi connectivity index (χ4v) is 2.16. The van der Waals surface area contributed by atoms with E-state index in [9.17, 15) is 18.0 Å². The number of benzene rings is 1. The molecule has 19 heavy (non-hydrogen) atoms. The van der Waals surface area contributed by atoms with Crippen molar-refractivity contribution < 1.29 is 23.1 Å². The highest BCUT2D eigenvalue weighted by Gasteiger charge is 2.36. The van der Waals surface area contributed by atoms with Crippen LogP contribution < -0.4 is 4.90 Å². The third kappa shape index (κ3) is 2.67. The number of hydrogen-bond donors (Lipinski definition) is 1. The highest BCUT2D eigenvalue weighted by Crippen LogP contribution is 2.36. The summed E-state index contributed by atoms with van der Waals surface area (Å²) in [5.41, 5.74) is -1.40. The zero-order valence-electron chi connectivity index (χ0n) is 10.4. The largest absolute Gasteiger partial charge is 0.478 e. The minimum absolute atomic E-state index is 0.247. The van der Waals surface area contributed by atoms with Crippen LogP contribution in [0, 0.1) is 0 Å². The maximum absolute atomic E-state index is 12.9. The van der Waals surface area contributed by atoms with Crippen molar-refractivity contribution in [3.8, 4) is 0 Å². The van der Waals surface area contributed by atoms with Crippen LogP contribution in [0.1, 0.15) is 35.2 Å². The Kier molecular flexibility index (Phi) is 3.43. The van der Waals surface area contributed by atoms with Crippen LogP contribution in [-0.2, 0) is 6.18 Å². The normalized spacial score (nSPS) is 16.0. The molecule has 6 heteroatoms. The van der Waals surface area contributed by atoms with E-state index in [1.165, 1.54) is 6.07 Å². The summed E-state index contributed by atoms with van der Waals surface area (Å²) in [5, 5.41) is 8.81. The average molecular weight is 273 g/mol. The molecule has 0 saturated heterocycles. The lowest BCUT2D eigenvalue weighted by atomic mass is 9.91. The number of halogens is 3. The van der Waals surface area contributed by atoms with Crippen molar-refractivity contribution in [1.29, 1.82) is 0 Å². The van der Waals surface area contributed by atoms with Crippen LogP contribution in [0.4, 0.5) is 18.9 Å². The predicted molar refractivity (Wildman–Crippen MR) is 64.4 cm³/mol. The molecule has 0 aliphatic heterocycles. The zero-order chi connectivity index (χ0) is 14.2. The monoisotopic (exact) mass is 273 g/mol. The third-order valence-corrected chi connectivity index (χ3v) is 3.57. The fourth-order valence-electron chi connectivity index (χ4n) is 2.16. The quantitative estimate of drug-likeness (QED) is 0.917. The molecule has 1 aromatic carbocycles. The number of carboxylic acid groups (broad SMARTS) is 1. The zero-order valence-corrected chi connectivity index (χ0v) is 10.4. The van der Waals surface area contributed by atoms with Gasteiger partial charge in [-0.3, -0.25) is 0 Å². The molecule has 1 aromatic rings. The standard InChI is InChI=1S/C13H14F3NO2/c1-17(8-3-2-4-8)9-5-6-10(12(18)19)11(7-9)13(14,15)16/h5-8H,2-4H2,1H3,(H,18,19). The van der Waals surface area contributed by atoms with Crippen LogP contribution in [0.5, 0.6) is 0 Å². The highest BCUT2D eigenvalue weighted by molar-refractivity contribution is 5.90. The Balaban J connectivity index is 2.40. The molecular formula is C13H14F3NO2. The molecule has 1 N–H and O–H groups in total. The van der Waals surface area contributed by atoms with Gasteiger partial charge in [0, 0.05) is 18.8 Å². The summed E-state index contributed by atoms with van der Waals surface area (Å²) in [6.45, 7) is 0. The van der Waals surface area contributed by atoms with E-state index < -0.39 is 23.3 Å². The van der Waals surface area contributed by atoms with Gasteiger partial charge >= 0.3 is 12.1 Å². The molecule has 1 saturated carbocycles. The van der Waals surface area contributed by atoms with Gasteiger partial charge in [-0.1, -0.05) is 0 Å². The van der Waals surface area contributed by atoms with Crippen molar-refractivity contribution in [2.45, 2.75) is 31.5 Å². The average Bonchev–Trinajstić information content (AvgIpc) is 2.24. The SMILES string of the molecule is CN(c1ccc(C(=O)O)c(C(F)(F)F)c1)C1CCC1. The lowest BCUT2D eigenvalue weighted by molar-refractivity contribution is -0.138. The van der Waals surface area contributed by atoms with E-state index in [1.54, 1.807) is 11.9 Å². The topological polar surface area (TPSA) is 40.5 Å². The Bertz CT molecular complexity index is 495. The van der Waals surface area contributed by atoms with Gasteiger partial charge < -0.3 is 10.0 Å². The van der Waals surface area contributed by atoms with Crippen LogP contribution in [-0.4, -0.2) is 24.2 Å². The Labute approximate surface area is 108 Å². The van der Waals surface area contributed by atoms with E-state index in [0.717, 1.165) is 31.4 Å². The molecule has 1 aliphatic rings. The van der Waals surface area contributed by atoms with E-state index in [4.69, 9.17) is 5.11 Å². The fraction of sp³-hybridized carbons (Fsp3) is 0.462. The van der Waals surface area contributed by atoms with Gasteiger partial charge in [0.25, 0.3) is 0 Å². The molecule has 0 atom stereocenters. The number of aromatic carboxylic acids is 1. The molecule has 2 rings (SSSR count). The van der Waals surface area contributed by atoms with Crippen LogP contribution in [0.2, 0.25) is 0 Å². The Morgan fingerprint density at radius 1 is 1.37 bits per heavy atom. The molecule has 0 spiro atoms. The van der Waals surface area contributed by atoms with E-state index in [2.05, 4.69) is 0 Å². The summed E-state index contributed by atoms with van der Waals surface area (Å²) in [5.74, 6) is -1.56. The molecule has 1 aliphatic carbocycles. The summed E-state index contributed by atoms with van der Waals surface area (Å²) in [6.07, 6.45) is -1.67. The first-order valence-corrected chi connectivity index (χ1v) is 5.98. The van der Waals surface area contributed by atoms with Crippen LogP contribution in [0.25, 0.3) is 0 Å². The van der Waals surface area contributed by atoms with Gasteiger partial charge in [0.2, 0.25) is 0 Å². The number of carboxylic acids is 1. The smallest absolute Gasteiger partial charge is 0.417 e. The van der Waals surface area contributed by atoms with Gasteiger partial charge in [0.1, 0.15) is 0 Å². The van der Waals surface area contributed by atoms with Crippen molar-refractivity contribution in [3.63, 3.8) is 0 Å². The van der Waals surface area contributed by atoms with E-state index in [0.29, 0.717) is 5.69 Å². The lowest BCUT2D eigenvalue weighted by Crippen LogP contribution is -2.37. The molecule has 0 amide bonds. The van der Waals surface area contributed by atoms with Crippen LogP contribution in [0.3, 0.4) is 0 Å². The number of anilines is 1. The van der Waals surface area contributed by atoms with Gasteiger partial charge in [0.15, 0.2) is 0 Å². The molecule has 0 aromatic heterocycles. The number of nitrogens with zero attached hydrogens (tertiary/aromatic N) is 1. The first-order valence-electron chi connectivity index (χ1n) is 5.98. The summed E-state index contributed by atoms with van der Waals surface area (Å²) in [6, 6.07) is 3.62. The Hall–Kier alpha value is -1.72. The predicted octanol–water partition coefficient (Wildman–Crippen LogP) is 3.39. The van der Waals surface area contributed by atoms with Crippen molar-refractivity contribution in [1.82, 2.24) is 0 Å². The number of alkyl halides is 3. The molecule has 3 nitrogen and oxygen atoms in total. The summed E-state index contributed by atoms with van der Waals surface area (Å²) < 4.78 is 38.6. The minimum atomic E-state index is -4.66. The van der Waals surface area contributed by atoms with Crippen molar-refractivity contribution >= 4 is 11.7 Å². The number of rotatable bonds is 3. The molecule has 0 heterocycles. The van der Waals surface area contributed by atoms with E-state index >= 15 is 0 Å². The van der Waals surface area contributed by atoms with Crippen LogP contribution in [0.15, 0.2) is 18.2 Å². The first-order chi connectivity index (χ1) is 8.80. The van der Waals surface area contributed by atoms with Gasteiger partial charge in [-0.05, 0) is 37.5 Å².